The molecule has 2 rings (SSSR count). The number of fused-ring (bicyclic) bond motifs is 1. The Morgan fingerprint density at radius 3 is 3.10 bits per heavy atom. The van der Waals surface area contributed by atoms with E-state index in [1.165, 1.54) is 0 Å². The van der Waals surface area contributed by atoms with E-state index in [4.69, 9.17) is 11.2 Å². The Morgan fingerprint density at radius 2 is 2.50 bits per heavy atom. The summed E-state index contributed by atoms with van der Waals surface area (Å²) < 4.78 is 5.50. The van der Waals surface area contributed by atoms with Gasteiger partial charge in [-0.15, -0.1) is 12.3 Å². The summed E-state index contributed by atoms with van der Waals surface area (Å²) in [5.41, 5.74) is 0.230. The maximum absolute atomic E-state index is 5.50. The maximum atomic E-state index is 5.50. The lowest BCUT2D eigenvalue weighted by molar-refractivity contribution is 0.303. The van der Waals surface area contributed by atoms with E-state index < -0.39 is 0 Å². The lowest BCUT2D eigenvalue weighted by Gasteiger charge is -2.16. The van der Waals surface area contributed by atoms with Gasteiger partial charge in [0.1, 0.15) is 0 Å². The van der Waals surface area contributed by atoms with E-state index in [1.54, 1.807) is 0 Å². The molecule has 1 heterocycles. The van der Waals surface area contributed by atoms with Crippen LogP contribution in [0.25, 0.3) is 0 Å². The fraction of sp³-hybridized carbons (Fsp3) is 0.778. The number of ether oxygens (including phenoxy) is 1. The van der Waals surface area contributed by atoms with Crippen molar-refractivity contribution < 1.29 is 4.74 Å². The lowest BCUT2D eigenvalue weighted by atomic mass is 9.83. The van der Waals surface area contributed by atoms with Gasteiger partial charge >= 0.3 is 0 Å². The van der Waals surface area contributed by atoms with Crippen LogP contribution in [-0.4, -0.2) is 11.7 Å². The van der Waals surface area contributed by atoms with Crippen molar-refractivity contribution in [2.24, 2.45) is 5.92 Å². The topological polar surface area (TPSA) is 12.5 Å². The van der Waals surface area contributed by atoms with Gasteiger partial charge in [-0.3, -0.25) is 0 Å². The summed E-state index contributed by atoms with van der Waals surface area (Å²) in [7, 11) is 0. The van der Waals surface area contributed by atoms with Gasteiger partial charge in [0.2, 0.25) is 0 Å². The van der Waals surface area contributed by atoms with E-state index >= 15 is 0 Å². The number of epoxide rings is 1. The summed E-state index contributed by atoms with van der Waals surface area (Å²) >= 11 is 0. The van der Waals surface area contributed by atoms with Crippen molar-refractivity contribution >= 4 is 0 Å². The minimum Gasteiger partial charge on any atom is -0.366 e. The number of hydrogen-bond acceptors (Lipinski definition) is 1. The molecule has 1 aliphatic carbocycles. The first-order valence-corrected chi connectivity index (χ1v) is 3.88. The highest BCUT2D eigenvalue weighted by Gasteiger charge is 2.54. The third-order valence-corrected chi connectivity index (χ3v) is 2.76. The van der Waals surface area contributed by atoms with Crippen LogP contribution in [0.3, 0.4) is 0 Å². The molecule has 0 aromatic carbocycles. The summed E-state index contributed by atoms with van der Waals surface area (Å²) in [5, 5.41) is 0. The average molecular weight is 136 g/mol. The van der Waals surface area contributed by atoms with Crippen LogP contribution in [0.15, 0.2) is 0 Å². The summed E-state index contributed by atoms with van der Waals surface area (Å²) in [6.07, 6.45) is 9.22. The third kappa shape index (κ3) is 0.759. The van der Waals surface area contributed by atoms with Crippen LogP contribution in [0.5, 0.6) is 0 Å². The van der Waals surface area contributed by atoms with Crippen molar-refractivity contribution in [1.82, 2.24) is 0 Å². The molecule has 0 spiro atoms. The predicted molar refractivity (Wildman–Crippen MR) is 39.5 cm³/mol. The van der Waals surface area contributed by atoms with Crippen molar-refractivity contribution in [3.63, 3.8) is 0 Å². The van der Waals surface area contributed by atoms with Crippen LogP contribution in [0.1, 0.15) is 26.2 Å². The van der Waals surface area contributed by atoms with E-state index in [-0.39, 0.29) is 5.60 Å². The van der Waals surface area contributed by atoms with Crippen LogP contribution < -0.4 is 0 Å². The fourth-order valence-electron chi connectivity index (χ4n) is 1.80. The Kier molecular flexibility index (Phi) is 1.10. The molecule has 1 heteroatoms. The molecule has 1 saturated carbocycles. The van der Waals surface area contributed by atoms with E-state index in [2.05, 4.69) is 12.8 Å². The van der Waals surface area contributed by atoms with Gasteiger partial charge in [0.05, 0.1) is 11.7 Å². The monoisotopic (exact) mass is 136 g/mol. The second-order valence-corrected chi connectivity index (χ2v) is 3.56. The molecule has 1 aliphatic heterocycles. The molecule has 0 radical (unpaired) electrons. The molecular weight excluding hydrogens is 124 g/mol. The molecular formula is C9H12O. The van der Waals surface area contributed by atoms with Gasteiger partial charge in [-0.2, -0.15) is 0 Å². The van der Waals surface area contributed by atoms with Crippen molar-refractivity contribution in [3.8, 4) is 12.3 Å². The Bertz CT molecular complexity index is 191. The quantitative estimate of drug-likeness (QED) is 0.364. The lowest BCUT2D eigenvalue weighted by Crippen LogP contribution is -2.19. The van der Waals surface area contributed by atoms with Crippen LogP contribution in [0.4, 0.5) is 0 Å². The first kappa shape index (κ1) is 6.24. The Labute approximate surface area is 61.8 Å². The molecule has 2 aliphatic rings. The van der Waals surface area contributed by atoms with Gasteiger partial charge in [0.15, 0.2) is 0 Å². The minimum absolute atomic E-state index is 0.230. The van der Waals surface area contributed by atoms with Crippen molar-refractivity contribution in [3.05, 3.63) is 0 Å². The standard InChI is InChI=1S/C9H12O/c1-3-7-4-5-9(2)8(6-7)10-9/h1,7-8H,4-6H2,2H3/t7-,8-,9+/m1/s1. The van der Waals surface area contributed by atoms with Crippen LogP contribution in [0, 0.1) is 18.3 Å². The van der Waals surface area contributed by atoms with Crippen LogP contribution >= 0.6 is 0 Å². The van der Waals surface area contributed by atoms with E-state index in [1.807, 2.05) is 0 Å². The SMILES string of the molecule is C#C[C@@H]1CC[C@]2(C)O[C@@H]2C1. The second-order valence-electron chi connectivity index (χ2n) is 3.56. The smallest absolute Gasteiger partial charge is 0.0921 e. The van der Waals surface area contributed by atoms with Crippen LogP contribution in [0.2, 0.25) is 0 Å². The van der Waals surface area contributed by atoms with E-state index in [0.29, 0.717) is 12.0 Å². The molecule has 1 nitrogen and oxygen atoms in total. The summed E-state index contributed by atoms with van der Waals surface area (Å²) in [6, 6.07) is 0. The molecule has 0 aromatic heterocycles. The molecule has 0 N–H and O–H groups in total. The molecule has 10 heavy (non-hydrogen) atoms. The highest BCUT2D eigenvalue weighted by atomic mass is 16.6. The van der Waals surface area contributed by atoms with Crippen molar-refractivity contribution in [1.29, 1.82) is 0 Å². The van der Waals surface area contributed by atoms with Gasteiger partial charge in [-0.25, -0.2) is 0 Å². The predicted octanol–water partition coefficient (Wildman–Crippen LogP) is 1.58. The molecule has 0 bridgehead atoms. The largest absolute Gasteiger partial charge is 0.366 e. The molecule has 3 atom stereocenters. The molecule has 2 fully saturated rings. The third-order valence-electron chi connectivity index (χ3n) is 2.76. The first-order valence-electron chi connectivity index (χ1n) is 3.88. The summed E-state index contributed by atoms with van der Waals surface area (Å²) in [6.45, 7) is 2.18. The molecule has 0 unspecified atom stereocenters. The van der Waals surface area contributed by atoms with E-state index in [9.17, 15) is 0 Å². The number of terminal acetylenes is 1. The maximum Gasteiger partial charge on any atom is 0.0921 e. The first-order chi connectivity index (χ1) is 4.74. The van der Waals surface area contributed by atoms with Crippen molar-refractivity contribution in [2.45, 2.75) is 37.9 Å². The fourth-order valence-corrected chi connectivity index (χ4v) is 1.80. The molecule has 0 amide bonds. The average Bonchev–Trinajstić information content (AvgIpc) is 2.59. The summed E-state index contributed by atoms with van der Waals surface area (Å²) in [5.74, 6) is 3.28. The highest BCUT2D eigenvalue weighted by Crippen LogP contribution is 2.48. The summed E-state index contributed by atoms with van der Waals surface area (Å²) in [4.78, 5) is 0. The van der Waals surface area contributed by atoms with Gasteiger partial charge in [0, 0.05) is 5.92 Å². The number of rotatable bonds is 0. The van der Waals surface area contributed by atoms with Gasteiger partial charge in [-0.1, -0.05) is 0 Å². The van der Waals surface area contributed by atoms with E-state index in [0.717, 1.165) is 19.3 Å². The Balaban J connectivity index is 2.00. The van der Waals surface area contributed by atoms with Gasteiger partial charge in [0.25, 0.3) is 0 Å². The Hall–Kier alpha value is -0.480. The Morgan fingerprint density at radius 1 is 1.70 bits per heavy atom. The molecule has 0 aromatic rings. The zero-order valence-electron chi connectivity index (χ0n) is 6.26. The normalized spacial score (nSPS) is 51.2. The van der Waals surface area contributed by atoms with Gasteiger partial charge < -0.3 is 4.74 Å². The number of hydrogen-bond donors (Lipinski definition) is 0. The zero-order chi connectivity index (χ0) is 7.19. The molecule has 54 valence electrons. The zero-order valence-corrected chi connectivity index (χ0v) is 6.26. The molecule has 1 saturated heterocycles. The minimum atomic E-state index is 0.230. The van der Waals surface area contributed by atoms with Crippen LogP contribution in [-0.2, 0) is 4.74 Å². The van der Waals surface area contributed by atoms with Crippen molar-refractivity contribution in [2.75, 3.05) is 0 Å². The second kappa shape index (κ2) is 1.77. The highest BCUT2D eigenvalue weighted by molar-refractivity contribution is 5.09. The van der Waals surface area contributed by atoms with Gasteiger partial charge in [-0.05, 0) is 26.2 Å².